The van der Waals surface area contributed by atoms with Crippen LogP contribution in [0.25, 0.3) is 11.4 Å². The van der Waals surface area contributed by atoms with E-state index in [9.17, 15) is 4.79 Å². The summed E-state index contributed by atoms with van der Waals surface area (Å²) in [5, 5.41) is 4.01. The number of likely N-dealkylation sites (tertiary alicyclic amines) is 1. The van der Waals surface area contributed by atoms with E-state index in [1.165, 1.54) is 12.8 Å². The number of nitrogens with zero attached hydrogens (tertiary/aromatic N) is 5. The van der Waals surface area contributed by atoms with Gasteiger partial charge in [0, 0.05) is 37.9 Å². The van der Waals surface area contributed by atoms with Crippen LogP contribution in [0.2, 0.25) is 0 Å². The topological polar surface area (TPSA) is 75.4 Å². The summed E-state index contributed by atoms with van der Waals surface area (Å²) in [6.45, 7) is 5.78. The van der Waals surface area contributed by atoms with Gasteiger partial charge in [-0.2, -0.15) is 4.98 Å². The van der Waals surface area contributed by atoms with Crippen LogP contribution in [0, 0.1) is 5.92 Å². The van der Waals surface area contributed by atoms with E-state index in [0.29, 0.717) is 11.7 Å². The minimum atomic E-state index is -0.167. The van der Waals surface area contributed by atoms with Crippen molar-refractivity contribution in [3.05, 3.63) is 24.2 Å². The average Bonchev–Trinajstić information content (AvgIpc) is 3.34. The molecule has 0 unspecified atom stereocenters. The molecule has 0 saturated carbocycles. The quantitative estimate of drug-likeness (QED) is 0.854. The molecule has 1 amide bonds. The van der Waals surface area contributed by atoms with E-state index in [2.05, 4.69) is 26.9 Å². The third-order valence-corrected chi connectivity index (χ3v) is 5.11. The van der Waals surface area contributed by atoms with Gasteiger partial charge in [0.2, 0.25) is 5.82 Å². The van der Waals surface area contributed by atoms with Crippen molar-refractivity contribution >= 4 is 11.7 Å². The van der Waals surface area contributed by atoms with Crippen molar-refractivity contribution in [3.8, 4) is 11.4 Å². The van der Waals surface area contributed by atoms with Crippen molar-refractivity contribution in [1.29, 1.82) is 0 Å². The number of pyridine rings is 1. The highest BCUT2D eigenvalue weighted by Gasteiger charge is 2.26. The lowest BCUT2D eigenvalue weighted by Crippen LogP contribution is -2.38. The van der Waals surface area contributed by atoms with Gasteiger partial charge in [-0.25, -0.2) is 4.98 Å². The number of carbonyl (C=O) groups is 1. The van der Waals surface area contributed by atoms with Gasteiger partial charge >= 0.3 is 11.8 Å². The first-order chi connectivity index (χ1) is 12.2. The second-order valence-corrected chi connectivity index (χ2v) is 6.99. The number of hydrogen-bond donors (Lipinski definition) is 0. The smallest absolute Gasteiger partial charge is 0.316 e. The van der Waals surface area contributed by atoms with E-state index in [1.54, 1.807) is 11.1 Å². The number of carbonyl (C=O) groups excluding carboxylic acids is 1. The predicted molar refractivity (Wildman–Crippen MR) is 93.3 cm³/mol. The van der Waals surface area contributed by atoms with Gasteiger partial charge in [-0.05, 0) is 43.7 Å². The normalized spacial score (nSPS) is 18.8. The zero-order valence-corrected chi connectivity index (χ0v) is 14.5. The molecule has 0 aliphatic carbocycles. The highest BCUT2D eigenvalue weighted by Crippen LogP contribution is 2.24. The van der Waals surface area contributed by atoms with Crippen LogP contribution in [-0.2, 0) is 0 Å². The van der Waals surface area contributed by atoms with E-state index in [4.69, 9.17) is 4.52 Å². The summed E-state index contributed by atoms with van der Waals surface area (Å²) in [5.74, 6) is 1.95. The van der Waals surface area contributed by atoms with Crippen molar-refractivity contribution in [2.45, 2.75) is 32.6 Å². The van der Waals surface area contributed by atoms with Crippen molar-refractivity contribution in [2.24, 2.45) is 5.92 Å². The Morgan fingerprint density at radius 1 is 1.20 bits per heavy atom. The SMILES string of the molecule is CC1CCN(C(=O)c2nc(-c3ccnc(N4CCCC4)c3)no2)CC1. The van der Waals surface area contributed by atoms with Crippen LogP contribution in [-0.4, -0.2) is 52.1 Å². The summed E-state index contributed by atoms with van der Waals surface area (Å²) in [7, 11) is 0. The van der Waals surface area contributed by atoms with Crippen LogP contribution in [0.15, 0.2) is 22.9 Å². The first-order valence-electron chi connectivity index (χ1n) is 9.05. The lowest BCUT2D eigenvalue weighted by atomic mass is 9.99. The molecule has 2 aromatic heterocycles. The number of anilines is 1. The molecule has 25 heavy (non-hydrogen) atoms. The molecule has 0 spiro atoms. The minimum Gasteiger partial charge on any atom is -0.357 e. The molecule has 0 aromatic carbocycles. The Hall–Kier alpha value is -2.44. The minimum absolute atomic E-state index is 0.0732. The van der Waals surface area contributed by atoms with Gasteiger partial charge in [0.25, 0.3) is 0 Å². The predicted octanol–water partition coefficient (Wildman–Crippen LogP) is 2.60. The van der Waals surface area contributed by atoms with Gasteiger partial charge in [-0.3, -0.25) is 4.79 Å². The molecule has 0 N–H and O–H groups in total. The molecule has 0 bridgehead atoms. The number of hydrogen-bond acceptors (Lipinski definition) is 6. The van der Waals surface area contributed by atoms with Crippen LogP contribution in [0.1, 0.15) is 43.3 Å². The lowest BCUT2D eigenvalue weighted by Gasteiger charge is -2.28. The molecule has 2 fully saturated rings. The fourth-order valence-corrected chi connectivity index (χ4v) is 3.45. The first kappa shape index (κ1) is 16.1. The van der Waals surface area contributed by atoms with Gasteiger partial charge in [-0.15, -0.1) is 0 Å². The summed E-state index contributed by atoms with van der Waals surface area (Å²) in [6.07, 6.45) is 6.20. The van der Waals surface area contributed by atoms with Gasteiger partial charge in [-0.1, -0.05) is 12.1 Å². The standard InChI is InChI=1S/C18H23N5O2/c1-13-5-10-23(11-6-13)18(24)17-20-16(21-25-17)14-4-7-19-15(12-14)22-8-2-3-9-22/h4,7,12-13H,2-3,5-6,8-11H2,1H3. The fourth-order valence-electron chi connectivity index (χ4n) is 3.45. The third-order valence-electron chi connectivity index (χ3n) is 5.11. The molecule has 7 nitrogen and oxygen atoms in total. The number of amides is 1. The van der Waals surface area contributed by atoms with Crippen molar-refractivity contribution in [1.82, 2.24) is 20.0 Å². The van der Waals surface area contributed by atoms with Crippen molar-refractivity contribution in [2.75, 3.05) is 31.1 Å². The Kier molecular flexibility index (Phi) is 4.38. The summed E-state index contributed by atoms with van der Waals surface area (Å²) >= 11 is 0. The Balaban J connectivity index is 1.51. The fraction of sp³-hybridized carbons (Fsp3) is 0.556. The molecule has 2 saturated heterocycles. The monoisotopic (exact) mass is 341 g/mol. The number of piperidine rings is 1. The molecule has 7 heteroatoms. The van der Waals surface area contributed by atoms with Gasteiger partial charge < -0.3 is 14.3 Å². The Morgan fingerprint density at radius 2 is 1.96 bits per heavy atom. The molecule has 2 aromatic rings. The average molecular weight is 341 g/mol. The van der Waals surface area contributed by atoms with E-state index < -0.39 is 0 Å². The molecule has 2 aliphatic rings. The summed E-state index contributed by atoms with van der Waals surface area (Å²) < 4.78 is 5.24. The second kappa shape index (κ2) is 6.82. The number of aromatic nitrogens is 3. The summed E-state index contributed by atoms with van der Waals surface area (Å²) in [5.41, 5.74) is 0.826. The highest BCUT2D eigenvalue weighted by molar-refractivity contribution is 5.90. The Morgan fingerprint density at radius 3 is 2.72 bits per heavy atom. The molecule has 0 radical (unpaired) electrons. The second-order valence-electron chi connectivity index (χ2n) is 6.99. The van der Waals surface area contributed by atoms with Crippen LogP contribution in [0.3, 0.4) is 0 Å². The maximum atomic E-state index is 12.5. The third kappa shape index (κ3) is 3.36. The van der Waals surface area contributed by atoms with Crippen LogP contribution in [0.5, 0.6) is 0 Å². The molecule has 2 aliphatic heterocycles. The summed E-state index contributed by atoms with van der Waals surface area (Å²) in [4.78, 5) is 25.4. The summed E-state index contributed by atoms with van der Waals surface area (Å²) in [6, 6.07) is 3.81. The van der Waals surface area contributed by atoms with E-state index in [1.807, 2.05) is 12.1 Å². The first-order valence-corrected chi connectivity index (χ1v) is 9.05. The van der Waals surface area contributed by atoms with Gasteiger partial charge in [0.15, 0.2) is 0 Å². The largest absolute Gasteiger partial charge is 0.357 e. The highest BCUT2D eigenvalue weighted by atomic mass is 16.5. The molecule has 4 heterocycles. The Labute approximate surface area is 147 Å². The number of rotatable bonds is 3. The zero-order chi connectivity index (χ0) is 17.2. The van der Waals surface area contributed by atoms with Crippen molar-refractivity contribution in [3.63, 3.8) is 0 Å². The molecular formula is C18H23N5O2. The lowest BCUT2D eigenvalue weighted by molar-refractivity contribution is 0.0647. The van der Waals surface area contributed by atoms with Gasteiger partial charge in [0.05, 0.1) is 0 Å². The van der Waals surface area contributed by atoms with E-state index in [-0.39, 0.29) is 11.8 Å². The maximum absolute atomic E-state index is 12.5. The van der Waals surface area contributed by atoms with Gasteiger partial charge in [0.1, 0.15) is 5.82 Å². The molecule has 132 valence electrons. The van der Waals surface area contributed by atoms with Crippen LogP contribution < -0.4 is 4.90 Å². The molecule has 4 rings (SSSR count). The van der Waals surface area contributed by atoms with Crippen LogP contribution in [0.4, 0.5) is 5.82 Å². The van der Waals surface area contributed by atoms with Crippen molar-refractivity contribution < 1.29 is 9.32 Å². The maximum Gasteiger partial charge on any atom is 0.316 e. The zero-order valence-electron chi connectivity index (χ0n) is 14.5. The molecule has 0 atom stereocenters. The molecular weight excluding hydrogens is 318 g/mol. The van der Waals surface area contributed by atoms with Crippen LogP contribution >= 0.6 is 0 Å². The van der Waals surface area contributed by atoms with E-state index in [0.717, 1.165) is 50.4 Å². The van der Waals surface area contributed by atoms with E-state index >= 15 is 0 Å². The Bertz CT molecular complexity index is 745.